The molecule has 3 nitrogen and oxygen atoms in total. The maximum absolute atomic E-state index is 12.8. The lowest BCUT2D eigenvalue weighted by molar-refractivity contribution is -0.119. The molecule has 0 aliphatic heterocycles. The van der Waals surface area contributed by atoms with Gasteiger partial charge in [-0.2, -0.15) is 0 Å². The first-order chi connectivity index (χ1) is 7.41. The van der Waals surface area contributed by atoms with Crippen molar-refractivity contribution in [3.05, 3.63) is 29.6 Å². The molecule has 0 heterocycles. The van der Waals surface area contributed by atoms with Crippen LogP contribution >= 0.6 is 12.4 Å². The van der Waals surface area contributed by atoms with Gasteiger partial charge in [0, 0.05) is 11.7 Å². The lowest BCUT2D eigenvalue weighted by Crippen LogP contribution is -2.34. The molecule has 0 bridgehead atoms. The summed E-state index contributed by atoms with van der Waals surface area (Å²) in [7, 11) is 0. The van der Waals surface area contributed by atoms with Crippen LogP contribution in [-0.2, 0) is 4.79 Å². The summed E-state index contributed by atoms with van der Waals surface area (Å²) >= 11 is 0. The van der Waals surface area contributed by atoms with E-state index in [2.05, 4.69) is 5.32 Å². The first kappa shape index (κ1) is 15.9. The fourth-order valence-corrected chi connectivity index (χ4v) is 1.25. The average Bonchev–Trinajstić information content (AvgIpc) is 2.20. The molecule has 1 aromatic carbocycles. The molecule has 1 aromatic rings. The van der Waals surface area contributed by atoms with Gasteiger partial charge in [0.2, 0.25) is 5.91 Å². The molecule has 2 atom stereocenters. The second-order valence-corrected chi connectivity index (χ2v) is 4.10. The largest absolute Gasteiger partial charge is 0.327 e. The molecule has 5 heteroatoms. The molecular weight excluding hydrogens is 243 g/mol. The van der Waals surface area contributed by atoms with Crippen LogP contribution in [0.5, 0.6) is 0 Å². The molecule has 1 rings (SSSR count). The summed E-state index contributed by atoms with van der Waals surface area (Å²) in [4.78, 5) is 11.7. The molecule has 3 N–H and O–H groups in total. The Morgan fingerprint density at radius 2 is 2.00 bits per heavy atom. The highest BCUT2D eigenvalue weighted by molar-refractivity contribution is 5.93. The van der Waals surface area contributed by atoms with Crippen molar-refractivity contribution in [3.8, 4) is 0 Å². The van der Waals surface area contributed by atoms with Crippen molar-refractivity contribution >= 4 is 24.0 Å². The fourth-order valence-electron chi connectivity index (χ4n) is 1.25. The minimum atomic E-state index is -0.309. The van der Waals surface area contributed by atoms with E-state index in [0.29, 0.717) is 11.3 Å². The van der Waals surface area contributed by atoms with Crippen LogP contribution in [-0.4, -0.2) is 11.9 Å². The number of nitrogens with one attached hydrogen (secondary N) is 1. The Kier molecular flexibility index (Phi) is 6.13. The molecule has 1 amide bonds. The van der Waals surface area contributed by atoms with Crippen molar-refractivity contribution in [2.75, 3.05) is 5.32 Å². The Bertz CT molecular complexity index is 396. The number of rotatable bonds is 3. The highest BCUT2D eigenvalue weighted by atomic mass is 35.5. The summed E-state index contributed by atoms with van der Waals surface area (Å²) in [6, 6.07) is 4.04. The minimum absolute atomic E-state index is 0. The molecule has 0 spiro atoms. The Morgan fingerprint density at radius 3 is 2.47 bits per heavy atom. The van der Waals surface area contributed by atoms with Gasteiger partial charge in [-0.15, -0.1) is 12.4 Å². The first-order valence-electron chi connectivity index (χ1n) is 5.24. The molecule has 2 unspecified atom stereocenters. The number of benzene rings is 1. The third-order valence-corrected chi connectivity index (χ3v) is 2.65. The van der Waals surface area contributed by atoms with Crippen LogP contribution in [0.1, 0.15) is 19.4 Å². The molecule has 0 radical (unpaired) electrons. The predicted octanol–water partition coefficient (Wildman–Crippen LogP) is 2.48. The summed E-state index contributed by atoms with van der Waals surface area (Å²) in [5, 5.41) is 2.73. The van der Waals surface area contributed by atoms with Crippen LogP contribution in [0.4, 0.5) is 10.1 Å². The Morgan fingerprint density at radius 1 is 1.41 bits per heavy atom. The van der Waals surface area contributed by atoms with Crippen molar-refractivity contribution in [2.24, 2.45) is 11.7 Å². The lowest BCUT2D eigenvalue weighted by atomic mass is 10.0. The molecule has 96 valence electrons. The van der Waals surface area contributed by atoms with Gasteiger partial charge < -0.3 is 11.1 Å². The Labute approximate surface area is 107 Å². The molecule has 0 fully saturated rings. The molecule has 0 saturated heterocycles. The maximum atomic E-state index is 12.8. The van der Waals surface area contributed by atoms with E-state index in [1.807, 2.05) is 0 Å². The third-order valence-electron chi connectivity index (χ3n) is 2.65. The van der Waals surface area contributed by atoms with Crippen molar-refractivity contribution < 1.29 is 9.18 Å². The summed E-state index contributed by atoms with van der Waals surface area (Å²) in [6.45, 7) is 5.29. The van der Waals surface area contributed by atoms with Gasteiger partial charge in [-0.05, 0) is 37.6 Å². The Balaban J connectivity index is 0.00000256. The van der Waals surface area contributed by atoms with Crippen molar-refractivity contribution in [3.63, 3.8) is 0 Å². The van der Waals surface area contributed by atoms with Crippen LogP contribution in [0.3, 0.4) is 0 Å². The zero-order valence-electron chi connectivity index (χ0n) is 10.2. The molecule has 0 aromatic heterocycles. The average molecular weight is 261 g/mol. The van der Waals surface area contributed by atoms with Crippen molar-refractivity contribution in [1.29, 1.82) is 0 Å². The topological polar surface area (TPSA) is 55.1 Å². The standard InChI is InChI=1S/C12H17FN2O.ClH/c1-7-6-10(13)4-5-11(7)15-12(16)8(2)9(3)14;/h4-6,8-9H,14H2,1-3H3,(H,15,16);1H. The van der Waals surface area contributed by atoms with Gasteiger partial charge >= 0.3 is 0 Å². The van der Waals surface area contributed by atoms with Gasteiger partial charge in [-0.3, -0.25) is 4.79 Å². The zero-order chi connectivity index (χ0) is 12.3. The van der Waals surface area contributed by atoms with Gasteiger partial charge in [0.25, 0.3) is 0 Å². The first-order valence-corrected chi connectivity index (χ1v) is 5.24. The van der Waals surface area contributed by atoms with Gasteiger partial charge in [-0.25, -0.2) is 4.39 Å². The monoisotopic (exact) mass is 260 g/mol. The van der Waals surface area contributed by atoms with Crippen LogP contribution in [0.25, 0.3) is 0 Å². The number of amides is 1. The number of hydrogen-bond acceptors (Lipinski definition) is 2. The number of hydrogen-bond donors (Lipinski definition) is 2. The normalized spacial score (nSPS) is 13.5. The SMILES string of the molecule is Cc1cc(F)ccc1NC(=O)C(C)C(C)N.Cl. The van der Waals surface area contributed by atoms with Crippen molar-refractivity contribution in [2.45, 2.75) is 26.8 Å². The molecule has 0 saturated carbocycles. The summed E-state index contributed by atoms with van der Waals surface area (Å²) in [5.41, 5.74) is 6.96. The number of carbonyl (C=O) groups excluding carboxylic acids is 1. The maximum Gasteiger partial charge on any atom is 0.228 e. The van der Waals surface area contributed by atoms with E-state index in [4.69, 9.17) is 5.73 Å². The zero-order valence-corrected chi connectivity index (χ0v) is 11.0. The summed E-state index contributed by atoms with van der Waals surface area (Å²) in [6.07, 6.45) is 0. The highest BCUT2D eigenvalue weighted by Crippen LogP contribution is 2.16. The number of aryl methyl sites for hydroxylation is 1. The van der Waals surface area contributed by atoms with E-state index in [1.165, 1.54) is 12.1 Å². The molecule has 0 aliphatic rings. The van der Waals surface area contributed by atoms with E-state index in [1.54, 1.807) is 26.8 Å². The molecular formula is C12H18ClFN2O. The molecule has 17 heavy (non-hydrogen) atoms. The minimum Gasteiger partial charge on any atom is -0.327 e. The second-order valence-electron chi connectivity index (χ2n) is 4.10. The van der Waals surface area contributed by atoms with Crippen molar-refractivity contribution in [1.82, 2.24) is 0 Å². The van der Waals surface area contributed by atoms with Crippen LogP contribution in [0.2, 0.25) is 0 Å². The van der Waals surface area contributed by atoms with E-state index in [0.717, 1.165) is 0 Å². The van der Waals surface area contributed by atoms with E-state index >= 15 is 0 Å². The quantitative estimate of drug-likeness (QED) is 0.877. The van der Waals surface area contributed by atoms with Crippen LogP contribution in [0, 0.1) is 18.7 Å². The van der Waals surface area contributed by atoms with Gasteiger partial charge in [0.15, 0.2) is 0 Å². The van der Waals surface area contributed by atoms with Gasteiger partial charge in [-0.1, -0.05) is 6.92 Å². The van der Waals surface area contributed by atoms with E-state index < -0.39 is 0 Å². The lowest BCUT2D eigenvalue weighted by Gasteiger charge is -2.16. The predicted molar refractivity (Wildman–Crippen MR) is 69.8 cm³/mol. The summed E-state index contributed by atoms with van der Waals surface area (Å²) in [5.74, 6) is -0.732. The van der Waals surface area contributed by atoms with Gasteiger partial charge in [0.1, 0.15) is 5.82 Å². The van der Waals surface area contributed by atoms with Crippen LogP contribution < -0.4 is 11.1 Å². The van der Waals surface area contributed by atoms with E-state index in [9.17, 15) is 9.18 Å². The number of nitrogens with two attached hydrogens (primary N) is 1. The molecule has 0 aliphatic carbocycles. The third kappa shape index (κ3) is 4.32. The fraction of sp³-hybridized carbons (Fsp3) is 0.417. The highest BCUT2D eigenvalue weighted by Gasteiger charge is 2.17. The smallest absolute Gasteiger partial charge is 0.228 e. The van der Waals surface area contributed by atoms with E-state index in [-0.39, 0.29) is 36.1 Å². The number of carbonyl (C=O) groups is 1. The Hall–Kier alpha value is -1.13. The number of anilines is 1. The second kappa shape index (κ2) is 6.57. The summed E-state index contributed by atoms with van der Waals surface area (Å²) < 4.78 is 12.8. The number of halogens is 2. The van der Waals surface area contributed by atoms with Crippen LogP contribution in [0.15, 0.2) is 18.2 Å². The van der Waals surface area contributed by atoms with Gasteiger partial charge in [0.05, 0.1) is 5.92 Å².